The van der Waals surface area contributed by atoms with Gasteiger partial charge in [0.25, 0.3) is 0 Å². The van der Waals surface area contributed by atoms with E-state index in [0.29, 0.717) is 24.1 Å². The fourth-order valence-electron chi connectivity index (χ4n) is 1.96. The highest BCUT2D eigenvalue weighted by atomic mass is 16.5. The fourth-order valence-corrected chi connectivity index (χ4v) is 1.96. The molecule has 0 saturated carbocycles. The number of hydrogen-bond acceptors (Lipinski definition) is 6. The first-order valence-corrected chi connectivity index (χ1v) is 7.02. The van der Waals surface area contributed by atoms with Gasteiger partial charge in [-0.15, -0.1) is 0 Å². The van der Waals surface area contributed by atoms with Gasteiger partial charge in [0, 0.05) is 18.8 Å². The lowest BCUT2D eigenvalue weighted by atomic mass is 10.1. The summed E-state index contributed by atoms with van der Waals surface area (Å²) < 4.78 is 5.01. The van der Waals surface area contributed by atoms with E-state index in [0.717, 1.165) is 5.76 Å². The van der Waals surface area contributed by atoms with E-state index >= 15 is 0 Å². The topological polar surface area (TPSA) is 75.9 Å². The summed E-state index contributed by atoms with van der Waals surface area (Å²) in [7, 11) is 0. The summed E-state index contributed by atoms with van der Waals surface area (Å²) in [5.41, 5.74) is 2.42. The maximum absolute atomic E-state index is 5.01. The number of benzene rings is 1. The average molecular weight is 295 g/mol. The highest BCUT2D eigenvalue weighted by Crippen LogP contribution is 2.15. The third kappa shape index (κ3) is 3.60. The van der Waals surface area contributed by atoms with Gasteiger partial charge in [0.05, 0.1) is 0 Å². The molecule has 22 heavy (non-hydrogen) atoms. The molecule has 112 valence electrons. The monoisotopic (exact) mass is 295 g/mol. The second-order valence-corrected chi connectivity index (χ2v) is 5.05. The maximum Gasteiger partial charge on any atom is 0.224 e. The maximum atomic E-state index is 5.01. The standard InChI is InChI=1S/C16H17N5O/c1-11-3-5-13(6-4-11)10-18-16-17-8-7-14(20-16)19-15-9-12(2)22-21-15/h3-9H,10H2,1-2H3,(H2,17,18,19,20,21). The Hall–Kier alpha value is -2.89. The van der Waals surface area contributed by atoms with Crippen molar-refractivity contribution < 1.29 is 4.52 Å². The number of aromatic nitrogens is 3. The number of nitrogens with one attached hydrogen (secondary N) is 2. The number of aryl methyl sites for hydroxylation is 2. The van der Waals surface area contributed by atoms with Crippen molar-refractivity contribution in [2.45, 2.75) is 20.4 Å². The molecule has 0 fully saturated rings. The summed E-state index contributed by atoms with van der Waals surface area (Å²) in [6.45, 7) is 4.58. The molecule has 2 N–H and O–H groups in total. The van der Waals surface area contributed by atoms with E-state index in [1.807, 2.05) is 13.0 Å². The molecule has 1 aromatic carbocycles. The second-order valence-electron chi connectivity index (χ2n) is 5.05. The van der Waals surface area contributed by atoms with Crippen LogP contribution in [0.1, 0.15) is 16.9 Å². The van der Waals surface area contributed by atoms with Crippen LogP contribution >= 0.6 is 0 Å². The molecule has 0 aliphatic carbocycles. The Morgan fingerprint density at radius 1 is 1.05 bits per heavy atom. The molecule has 0 aliphatic rings. The second kappa shape index (κ2) is 6.26. The van der Waals surface area contributed by atoms with Crippen molar-refractivity contribution in [3.8, 4) is 0 Å². The molecule has 3 rings (SSSR count). The van der Waals surface area contributed by atoms with Crippen LogP contribution in [0.4, 0.5) is 17.6 Å². The molecule has 0 saturated heterocycles. The zero-order valence-corrected chi connectivity index (χ0v) is 12.5. The van der Waals surface area contributed by atoms with Crippen molar-refractivity contribution in [3.63, 3.8) is 0 Å². The van der Waals surface area contributed by atoms with Gasteiger partial charge in [-0.1, -0.05) is 35.0 Å². The summed E-state index contributed by atoms with van der Waals surface area (Å²) in [5, 5.41) is 10.2. The van der Waals surface area contributed by atoms with Crippen LogP contribution in [0.15, 0.2) is 47.1 Å². The predicted octanol–water partition coefficient (Wildman–Crippen LogP) is 3.44. The van der Waals surface area contributed by atoms with Crippen molar-refractivity contribution in [3.05, 3.63) is 59.5 Å². The molecule has 2 heterocycles. The lowest BCUT2D eigenvalue weighted by Gasteiger charge is -2.07. The first-order chi connectivity index (χ1) is 10.7. The highest BCUT2D eigenvalue weighted by Gasteiger charge is 2.03. The molecular weight excluding hydrogens is 278 g/mol. The van der Waals surface area contributed by atoms with E-state index in [2.05, 4.69) is 56.9 Å². The van der Waals surface area contributed by atoms with Crippen LogP contribution in [0.2, 0.25) is 0 Å². The van der Waals surface area contributed by atoms with E-state index in [-0.39, 0.29) is 0 Å². The normalized spacial score (nSPS) is 10.5. The molecule has 0 unspecified atom stereocenters. The zero-order valence-electron chi connectivity index (χ0n) is 12.5. The summed E-state index contributed by atoms with van der Waals surface area (Å²) in [5.74, 6) is 2.59. The molecular formula is C16H17N5O. The summed E-state index contributed by atoms with van der Waals surface area (Å²) in [6.07, 6.45) is 1.69. The third-order valence-corrected chi connectivity index (χ3v) is 3.11. The Morgan fingerprint density at radius 2 is 1.86 bits per heavy atom. The first kappa shape index (κ1) is 14.1. The Bertz CT molecular complexity index is 751. The third-order valence-electron chi connectivity index (χ3n) is 3.11. The highest BCUT2D eigenvalue weighted by molar-refractivity contribution is 5.52. The van der Waals surface area contributed by atoms with E-state index in [1.54, 1.807) is 12.3 Å². The van der Waals surface area contributed by atoms with Crippen LogP contribution in [0.5, 0.6) is 0 Å². The average Bonchev–Trinajstić information content (AvgIpc) is 2.92. The minimum absolute atomic E-state index is 0.561. The molecule has 0 spiro atoms. The van der Waals surface area contributed by atoms with Crippen LogP contribution in [0.3, 0.4) is 0 Å². The Morgan fingerprint density at radius 3 is 2.59 bits per heavy atom. The van der Waals surface area contributed by atoms with Gasteiger partial charge in [0.1, 0.15) is 11.6 Å². The summed E-state index contributed by atoms with van der Waals surface area (Å²) >= 11 is 0. The van der Waals surface area contributed by atoms with E-state index in [4.69, 9.17) is 4.52 Å². The molecule has 0 aliphatic heterocycles. The minimum atomic E-state index is 0.561. The predicted molar refractivity (Wildman–Crippen MR) is 85.1 cm³/mol. The first-order valence-electron chi connectivity index (χ1n) is 7.02. The van der Waals surface area contributed by atoms with Crippen LogP contribution in [0, 0.1) is 13.8 Å². The van der Waals surface area contributed by atoms with Gasteiger partial charge in [-0.05, 0) is 25.5 Å². The van der Waals surface area contributed by atoms with Crippen LogP contribution in [0.25, 0.3) is 0 Å². The number of nitrogens with zero attached hydrogens (tertiary/aromatic N) is 3. The Balaban J connectivity index is 1.64. The van der Waals surface area contributed by atoms with E-state index in [9.17, 15) is 0 Å². The lowest BCUT2D eigenvalue weighted by Crippen LogP contribution is -2.05. The Kier molecular flexibility index (Phi) is 4.00. The molecule has 6 nitrogen and oxygen atoms in total. The molecule has 0 bridgehead atoms. The largest absolute Gasteiger partial charge is 0.360 e. The summed E-state index contributed by atoms with van der Waals surface area (Å²) in [4.78, 5) is 8.61. The quantitative estimate of drug-likeness (QED) is 0.751. The van der Waals surface area contributed by atoms with Gasteiger partial charge in [-0.25, -0.2) is 4.98 Å². The zero-order chi connectivity index (χ0) is 15.4. The fraction of sp³-hybridized carbons (Fsp3) is 0.188. The van der Waals surface area contributed by atoms with Crippen LogP contribution < -0.4 is 10.6 Å². The molecule has 0 atom stereocenters. The lowest BCUT2D eigenvalue weighted by molar-refractivity contribution is 0.400. The van der Waals surface area contributed by atoms with Gasteiger partial charge in [0.2, 0.25) is 5.95 Å². The van der Waals surface area contributed by atoms with Crippen LogP contribution in [-0.4, -0.2) is 15.1 Å². The molecule has 3 aromatic rings. The smallest absolute Gasteiger partial charge is 0.224 e. The number of rotatable bonds is 5. The minimum Gasteiger partial charge on any atom is -0.360 e. The number of anilines is 3. The molecule has 6 heteroatoms. The van der Waals surface area contributed by atoms with Crippen molar-refractivity contribution in [1.82, 2.24) is 15.1 Å². The molecule has 2 aromatic heterocycles. The van der Waals surface area contributed by atoms with Crippen molar-refractivity contribution in [2.75, 3.05) is 10.6 Å². The van der Waals surface area contributed by atoms with Crippen LogP contribution in [-0.2, 0) is 6.54 Å². The van der Waals surface area contributed by atoms with E-state index in [1.165, 1.54) is 11.1 Å². The number of hydrogen-bond donors (Lipinski definition) is 2. The Labute approximate surface area is 128 Å². The van der Waals surface area contributed by atoms with Crippen molar-refractivity contribution in [1.29, 1.82) is 0 Å². The van der Waals surface area contributed by atoms with E-state index < -0.39 is 0 Å². The molecule has 0 radical (unpaired) electrons. The van der Waals surface area contributed by atoms with Crippen molar-refractivity contribution >= 4 is 17.6 Å². The van der Waals surface area contributed by atoms with Gasteiger partial charge in [0.15, 0.2) is 5.82 Å². The van der Waals surface area contributed by atoms with Gasteiger partial charge in [-0.3, -0.25) is 0 Å². The summed E-state index contributed by atoms with van der Waals surface area (Å²) in [6, 6.07) is 11.9. The van der Waals surface area contributed by atoms with Gasteiger partial charge in [-0.2, -0.15) is 4.98 Å². The SMILES string of the molecule is Cc1ccc(CNc2nccc(Nc3cc(C)on3)n2)cc1. The van der Waals surface area contributed by atoms with Crippen molar-refractivity contribution in [2.24, 2.45) is 0 Å². The van der Waals surface area contributed by atoms with Gasteiger partial charge >= 0.3 is 0 Å². The van der Waals surface area contributed by atoms with Gasteiger partial charge < -0.3 is 15.2 Å². The molecule has 0 amide bonds.